The molecular formula is C31H48N4O5. The smallest absolute Gasteiger partial charge is 0.434 e. The van der Waals surface area contributed by atoms with Crippen LogP contribution in [-0.2, 0) is 15.9 Å². The van der Waals surface area contributed by atoms with E-state index in [2.05, 4.69) is 37.6 Å². The van der Waals surface area contributed by atoms with E-state index >= 15 is 0 Å². The highest BCUT2D eigenvalue weighted by Crippen LogP contribution is 2.20. The molecule has 0 atom stereocenters. The fourth-order valence-corrected chi connectivity index (χ4v) is 4.81. The summed E-state index contributed by atoms with van der Waals surface area (Å²) in [5.74, 6) is 0.246. The van der Waals surface area contributed by atoms with Crippen molar-refractivity contribution in [2.24, 2.45) is 17.8 Å². The third-order valence-corrected chi connectivity index (χ3v) is 7.19. The fraction of sp³-hybridized carbons (Fsp3) is 0.677. The van der Waals surface area contributed by atoms with Crippen molar-refractivity contribution in [3.63, 3.8) is 0 Å². The highest BCUT2D eigenvalue weighted by Gasteiger charge is 2.25. The molecule has 0 unspecified atom stereocenters. The lowest BCUT2D eigenvalue weighted by Gasteiger charge is -2.24. The largest absolute Gasteiger partial charge is 0.516 e. The number of rotatable bonds is 14. The van der Waals surface area contributed by atoms with Crippen LogP contribution in [0.4, 0.5) is 4.79 Å². The van der Waals surface area contributed by atoms with Crippen molar-refractivity contribution in [2.75, 3.05) is 39.3 Å². The zero-order chi connectivity index (χ0) is 29.2. The highest BCUT2D eigenvalue weighted by molar-refractivity contribution is 5.96. The number of nitrogens with zero attached hydrogens (tertiary/aromatic N) is 4. The average molecular weight is 557 g/mol. The number of carbonyl (C=O) groups is 3. The van der Waals surface area contributed by atoms with Gasteiger partial charge in [0.05, 0.1) is 17.9 Å². The fourth-order valence-electron chi connectivity index (χ4n) is 4.81. The Labute approximate surface area is 239 Å². The molecule has 0 radical (unpaired) electrons. The van der Waals surface area contributed by atoms with E-state index in [0.717, 1.165) is 38.9 Å². The second-order valence-electron chi connectivity index (χ2n) is 12.2. The third kappa shape index (κ3) is 9.32. The number of aromatic nitrogens is 2. The second-order valence-corrected chi connectivity index (χ2v) is 12.2. The number of hydrogen-bond donors (Lipinski definition) is 0. The highest BCUT2D eigenvalue weighted by atomic mass is 16.7. The molecule has 1 amide bonds. The van der Waals surface area contributed by atoms with Crippen molar-refractivity contribution < 1.29 is 23.9 Å². The van der Waals surface area contributed by atoms with Gasteiger partial charge in [-0.1, -0.05) is 41.5 Å². The van der Waals surface area contributed by atoms with Crippen LogP contribution in [0.2, 0.25) is 0 Å². The molecule has 9 heteroatoms. The summed E-state index contributed by atoms with van der Waals surface area (Å²) in [5.41, 5.74) is 1.81. The normalized spacial score (nSPS) is 14.0. The molecule has 0 spiro atoms. The Morgan fingerprint density at radius 1 is 0.950 bits per heavy atom. The molecule has 9 nitrogen and oxygen atoms in total. The molecular weight excluding hydrogens is 508 g/mol. The number of fused-ring (bicyclic) bond motifs is 1. The molecule has 222 valence electrons. The number of pyridine rings is 1. The van der Waals surface area contributed by atoms with Crippen LogP contribution >= 0.6 is 0 Å². The molecule has 1 fully saturated rings. The van der Waals surface area contributed by atoms with Gasteiger partial charge in [-0.3, -0.25) is 4.79 Å². The summed E-state index contributed by atoms with van der Waals surface area (Å²) in [6.45, 7) is 17.1. The summed E-state index contributed by atoms with van der Waals surface area (Å²) in [4.78, 5) is 47.7. The van der Waals surface area contributed by atoms with Gasteiger partial charge in [-0.05, 0) is 88.0 Å². The van der Waals surface area contributed by atoms with Crippen LogP contribution in [0, 0.1) is 17.8 Å². The van der Waals surface area contributed by atoms with Gasteiger partial charge < -0.3 is 23.7 Å². The lowest BCUT2D eigenvalue weighted by molar-refractivity contribution is 0.0345. The molecule has 3 rings (SSSR count). The van der Waals surface area contributed by atoms with E-state index in [0.29, 0.717) is 48.3 Å². The summed E-state index contributed by atoms with van der Waals surface area (Å²) in [6, 6.07) is 3.52. The van der Waals surface area contributed by atoms with E-state index in [-0.39, 0.29) is 24.1 Å². The Morgan fingerprint density at radius 2 is 1.60 bits per heavy atom. The quantitative estimate of drug-likeness (QED) is 0.213. The number of aryl methyl sites for hydroxylation is 1. The number of amides is 1. The van der Waals surface area contributed by atoms with Crippen LogP contribution in [0.25, 0.3) is 5.65 Å². The van der Waals surface area contributed by atoms with E-state index in [1.54, 1.807) is 18.3 Å². The number of likely N-dealkylation sites (tertiary alicyclic amines) is 1. The van der Waals surface area contributed by atoms with Crippen molar-refractivity contribution >= 4 is 23.7 Å². The first-order valence-corrected chi connectivity index (χ1v) is 15.0. The Morgan fingerprint density at radius 3 is 2.20 bits per heavy atom. The number of hydrogen-bond acceptors (Lipinski definition) is 7. The predicted octanol–water partition coefficient (Wildman–Crippen LogP) is 5.85. The van der Waals surface area contributed by atoms with Crippen molar-refractivity contribution in [1.82, 2.24) is 19.2 Å². The molecule has 1 aliphatic heterocycles. The minimum Gasteiger partial charge on any atom is -0.434 e. The molecule has 0 aliphatic carbocycles. The van der Waals surface area contributed by atoms with Gasteiger partial charge in [-0.2, -0.15) is 0 Å². The van der Waals surface area contributed by atoms with Crippen LogP contribution in [0.15, 0.2) is 18.3 Å². The van der Waals surface area contributed by atoms with Gasteiger partial charge in [0, 0.05) is 19.3 Å². The van der Waals surface area contributed by atoms with E-state index in [1.165, 1.54) is 12.8 Å². The lowest BCUT2D eigenvalue weighted by Crippen LogP contribution is -2.34. The van der Waals surface area contributed by atoms with Crippen molar-refractivity contribution in [3.05, 3.63) is 35.3 Å². The van der Waals surface area contributed by atoms with E-state index < -0.39 is 12.1 Å². The summed E-state index contributed by atoms with van der Waals surface area (Å²) < 4.78 is 11.9. The van der Waals surface area contributed by atoms with Gasteiger partial charge in [-0.25, -0.2) is 14.6 Å². The third-order valence-electron chi connectivity index (χ3n) is 7.19. The van der Waals surface area contributed by atoms with Crippen molar-refractivity contribution in [1.29, 1.82) is 0 Å². The summed E-state index contributed by atoms with van der Waals surface area (Å²) in [5, 5.41) is 0. The van der Waals surface area contributed by atoms with E-state index in [4.69, 9.17) is 9.47 Å². The van der Waals surface area contributed by atoms with Crippen molar-refractivity contribution in [2.45, 2.75) is 80.1 Å². The molecule has 2 aromatic rings. The Balaban J connectivity index is 1.88. The first-order chi connectivity index (χ1) is 19.0. The summed E-state index contributed by atoms with van der Waals surface area (Å²) >= 11 is 0. The predicted molar refractivity (Wildman–Crippen MR) is 156 cm³/mol. The van der Waals surface area contributed by atoms with Crippen LogP contribution in [0.5, 0.6) is 0 Å². The standard InChI is InChI=1S/C31H48N4O5/c1-22(2)13-18-34(19-14-23(3)4)29(36)25-11-12-27-32-28(30(37)40-31(38)39-21-24(5)6)26(35(27)20-25)10-9-17-33-15-7-8-16-33/h11-12,20,22-24H,7-10,13-19,21H2,1-6H3. The van der Waals surface area contributed by atoms with Crippen LogP contribution in [0.3, 0.4) is 0 Å². The molecule has 1 saturated heterocycles. The first-order valence-electron chi connectivity index (χ1n) is 15.0. The van der Waals surface area contributed by atoms with E-state index in [9.17, 15) is 14.4 Å². The number of carbonyl (C=O) groups excluding carboxylic acids is 3. The Bertz CT molecular complexity index is 1120. The molecule has 3 heterocycles. The SMILES string of the molecule is CC(C)CCN(CCC(C)C)C(=O)c1ccc2nc(C(=O)OC(=O)OCC(C)C)c(CCCN3CCCC3)n2c1. The second kappa shape index (κ2) is 15.2. The molecule has 0 saturated carbocycles. The maximum absolute atomic E-state index is 13.7. The molecule has 2 aromatic heterocycles. The van der Waals surface area contributed by atoms with Gasteiger partial charge in [0.2, 0.25) is 0 Å². The van der Waals surface area contributed by atoms with E-state index in [1.807, 2.05) is 23.1 Å². The maximum Gasteiger partial charge on any atom is 0.516 e. The molecule has 0 bridgehead atoms. The van der Waals surface area contributed by atoms with Crippen molar-refractivity contribution in [3.8, 4) is 0 Å². The molecule has 1 aliphatic rings. The lowest BCUT2D eigenvalue weighted by atomic mass is 10.1. The molecule has 0 aromatic carbocycles. The van der Waals surface area contributed by atoms with Crippen LogP contribution in [0.1, 0.15) is 100 Å². The minimum atomic E-state index is -1.03. The topological polar surface area (TPSA) is 93.4 Å². The first kappa shape index (κ1) is 31.6. The van der Waals surface area contributed by atoms with Gasteiger partial charge in [0.1, 0.15) is 5.65 Å². The monoisotopic (exact) mass is 556 g/mol. The van der Waals surface area contributed by atoms with Crippen LogP contribution < -0.4 is 0 Å². The summed E-state index contributed by atoms with van der Waals surface area (Å²) in [7, 11) is 0. The zero-order valence-corrected chi connectivity index (χ0v) is 25.3. The molecule has 0 N–H and O–H groups in total. The number of esters is 1. The minimum absolute atomic E-state index is 0.0266. The van der Waals surface area contributed by atoms with Gasteiger partial charge in [0.15, 0.2) is 5.69 Å². The average Bonchev–Trinajstić information content (AvgIpc) is 3.54. The Kier molecular flexibility index (Phi) is 12.0. The number of ether oxygens (including phenoxy) is 2. The summed E-state index contributed by atoms with van der Waals surface area (Å²) in [6.07, 6.45) is 6.41. The Hall–Kier alpha value is -2.94. The number of imidazole rings is 1. The molecule has 40 heavy (non-hydrogen) atoms. The van der Waals surface area contributed by atoms with Gasteiger partial charge in [0.25, 0.3) is 5.91 Å². The maximum atomic E-state index is 13.7. The van der Waals surface area contributed by atoms with Gasteiger partial charge >= 0.3 is 12.1 Å². The zero-order valence-electron chi connectivity index (χ0n) is 25.3. The van der Waals surface area contributed by atoms with Gasteiger partial charge in [-0.15, -0.1) is 0 Å². The van der Waals surface area contributed by atoms with Crippen LogP contribution in [-0.4, -0.2) is 76.5 Å².